The zero-order chi connectivity index (χ0) is 17.1. The van der Waals surface area contributed by atoms with E-state index < -0.39 is 6.67 Å². The van der Waals surface area contributed by atoms with Gasteiger partial charge in [-0.2, -0.15) is 0 Å². The Morgan fingerprint density at radius 1 is 1.25 bits per heavy atom. The summed E-state index contributed by atoms with van der Waals surface area (Å²) in [6.07, 6.45) is 2.02. The van der Waals surface area contributed by atoms with Gasteiger partial charge in [0.2, 0.25) is 0 Å². The van der Waals surface area contributed by atoms with Crippen molar-refractivity contribution in [3.63, 3.8) is 0 Å². The smallest absolute Gasteiger partial charge is 0.137 e. The molecule has 0 N–H and O–H groups in total. The minimum absolute atomic E-state index is 0.0296. The fourth-order valence-corrected chi connectivity index (χ4v) is 2.73. The Kier molecular flexibility index (Phi) is 4.81. The topological polar surface area (TPSA) is 43.6 Å². The maximum absolute atomic E-state index is 12.2. The van der Waals surface area contributed by atoms with Crippen molar-refractivity contribution in [2.75, 3.05) is 13.3 Å². The van der Waals surface area contributed by atoms with Crippen LogP contribution in [0.3, 0.4) is 0 Å². The Morgan fingerprint density at radius 3 is 2.67 bits per heavy atom. The van der Waals surface area contributed by atoms with Crippen molar-refractivity contribution in [2.45, 2.75) is 13.3 Å². The third kappa shape index (κ3) is 3.41. The molecule has 0 amide bonds. The van der Waals surface area contributed by atoms with Crippen molar-refractivity contribution in [3.05, 3.63) is 53.3 Å². The van der Waals surface area contributed by atoms with Crippen LogP contribution in [0.1, 0.15) is 12.6 Å². The van der Waals surface area contributed by atoms with E-state index in [2.05, 4.69) is 4.98 Å². The van der Waals surface area contributed by atoms with Crippen LogP contribution in [0.2, 0.25) is 5.02 Å². The molecule has 6 heteroatoms. The molecule has 124 valence electrons. The molecule has 4 nitrogen and oxygen atoms in total. The van der Waals surface area contributed by atoms with E-state index in [1.165, 1.54) is 0 Å². The molecule has 0 aliphatic rings. The van der Waals surface area contributed by atoms with E-state index in [0.29, 0.717) is 10.8 Å². The average molecular weight is 347 g/mol. The van der Waals surface area contributed by atoms with Gasteiger partial charge >= 0.3 is 0 Å². The zero-order valence-corrected chi connectivity index (χ0v) is 13.9. The van der Waals surface area contributed by atoms with Crippen molar-refractivity contribution in [3.8, 4) is 17.0 Å². The number of ether oxygens (including phenoxy) is 1. The fourth-order valence-electron chi connectivity index (χ4n) is 2.57. The first-order valence-corrected chi connectivity index (χ1v) is 7.91. The second kappa shape index (κ2) is 7.01. The van der Waals surface area contributed by atoms with Crippen LogP contribution in [0.4, 0.5) is 4.39 Å². The highest BCUT2D eigenvalue weighted by Crippen LogP contribution is 2.28. The summed E-state index contributed by atoms with van der Waals surface area (Å²) in [5, 5.41) is 0.575. The van der Waals surface area contributed by atoms with Gasteiger partial charge in [0.1, 0.15) is 30.5 Å². The van der Waals surface area contributed by atoms with Crippen molar-refractivity contribution in [1.82, 2.24) is 9.38 Å². The maximum Gasteiger partial charge on any atom is 0.137 e. The number of carbonyl (C=O) groups is 1. The lowest BCUT2D eigenvalue weighted by molar-refractivity contribution is -0.116. The molecule has 0 unspecified atom stereocenters. The molecular weight excluding hydrogens is 331 g/mol. The van der Waals surface area contributed by atoms with Gasteiger partial charge in [-0.25, -0.2) is 9.37 Å². The molecule has 2 heterocycles. The van der Waals surface area contributed by atoms with E-state index in [1.807, 2.05) is 22.6 Å². The van der Waals surface area contributed by atoms with E-state index in [9.17, 15) is 9.18 Å². The highest BCUT2D eigenvalue weighted by molar-refractivity contribution is 6.30. The monoisotopic (exact) mass is 346 g/mol. The lowest BCUT2D eigenvalue weighted by atomic mass is 10.1. The molecule has 3 aromatic rings. The number of hydrogen-bond acceptors (Lipinski definition) is 3. The first-order chi connectivity index (χ1) is 11.6. The number of aromatic nitrogens is 2. The Labute approximate surface area is 143 Å². The number of rotatable bonds is 6. The standard InChI is InChI=1S/C18H16ClFN2O2/c1-12(23)10-16-18(21-17-7-4-14(19)11-22(16)17)13-2-5-15(6-3-13)24-9-8-20/h2-7,11H,8-10H2,1H3. The maximum atomic E-state index is 12.2. The number of ketones is 1. The molecule has 0 spiro atoms. The molecule has 0 radical (unpaired) electrons. The number of fused-ring (bicyclic) bond motifs is 1. The number of pyridine rings is 1. The summed E-state index contributed by atoms with van der Waals surface area (Å²) in [4.78, 5) is 16.3. The van der Waals surface area contributed by atoms with Crippen LogP contribution >= 0.6 is 11.6 Å². The van der Waals surface area contributed by atoms with Crippen molar-refractivity contribution >= 4 is 23.0 Å². The highest BCUT2D eigenvalue weighted by atomic mass is 35.5. The summed E-state index contributed by atoms with van der Waals surface area (Å²) in [6, 6.07) is 10.8. The van der Waals surface area contributed by atoms with Crippen molar-refractivity contribution < 1.29 is 13.9 Å². The molecule has 2 aromatic heterocycles. The Bertz CT molecular complexity index is 875. The molecule has 0 aliphatic heterocycles. The van der Waals surface area contributed by atoms with Gasteiger partial charge in [-0.1, -0.05) is 11.6 Å². The number of hydrogen-bond donors (Lipinski definition) is 0. The van der Waals surface area contributed by atoms with Crippen LogP contribution in [0.5, 0.6) is 5.75 Å². The number of carbonyl (C=O) groups excluding carboxylic acids is 1. The number of imidazole rings is 1. The van der Waals surface area contributed by atoms with Crippen LogP contribution in [0.25, 0.3) is 16.9 Å². The number of Topliss-reactive ketones (excluding diaryl/α,β-unsaturated/α-hetero) is 1. The van der Waals surface area contributed by atoms with Gasteiger partial charge in [-0.05, 0) is 43.3 Å². The van der Waals surface area contributed by atoms with Gasteiger partial charge in [0.05, 0.1) is 16.4 Å². The van der Waals surface area contributed by atoms with E-state index in [-0.39, 0.29) is 18.8 Å². The van der Waals surface area contributed by atoms with Gasteiger partial charge in [0, 0.05) is 18.2 Å². The van der Waals surface area contributed by atoms with Crippen LogP contribution in [-0.4, -0.2) is 28.4 Å². The summed E-state index contributed by atoms with van der Waals surface area (Å²) in [5.41, 5.74) is 3.10. The molecular formula is C18H16ClFN2O2. The van der Waals surface area contributed by atoms with E-state index >= 15 is 0 Å². The number of nitrogens with zero attached hydrogens (tertiary/aromatic N) is 2. The Balaban J connectivity index is 2.05. The van der Waals surface area contributed by atoms with Gasteiger partial charge in [0.25, 0.3) is 0 Å². The molecule has 0 aliphatic carbocycles. The van der Waals surface area contributed by atoms with Gasteiger partial charge < -0.3 is 9.14 Å². The number of alkyl halides is 1. The lowest BCUT2D eigenvalue weighted by Gasteiger charge is -2.06. The molecule has 0 saturated carbocycles. The zero-order valence-electron chi connectivity index (χ0n) is 13.1. The SMILES string of the molecule is CC(=O)Cc1c(-c2ccc(OCCF)cc2)nc2ccc(Cl)cn12. The summed E-state index contributed by atoms with van der Waals surface area (Å²) >= 11 is 6.07. The third-order valence-electron chi connectivity index (χ3n) is 3.57. The minimum atomic E-state index is -0.530. The first-order valence-electron chi connectivity index (χ1n) is 7.53. The summed E-state index contributed by atoms with van der Waals surface area (Å²) in [5.74, 6) is 0.636. The fraction of sp³-hybridized carbons (Fsp3) is 0.222. The highest BCUT2D eigenvalue weighted by Gasteiger charge is 2.16. The van der Waals surface area contributed by atoms with Crippen LogP contribution < -0.4 is 4.74 Å². The van der Waals surface area contributed by atoms with Gasteiger partial charge in [0.15, 0.2) is 0 Å². The molecule has 24 heavy (non-hydrogen) atoms. The van der Waals surface area contributed by atoms with Gasteiger partial charge in [-0.15, -0.1) is 0 Å². The second-order valence-electron chi connectivity index (χ2n) is 5.42. The minimum Gasteiger partial charge on any atom is -0.491 e. The normalized spacial score (nSPS) is 11.0. The predicted octanol–water partition coefficient (Wildman–Crippen LogP) is 4.13. The summed E-state index contributed by atoms with van der Waals surface area (Å²) in [6.45, 7) is 1.04. The van der Waals surface area contributed by atoms with Crippen molar-refractivity contribution in [2.24, 2.45) is 0 Å². The molecule has 3 rings (SSSR count). The van der Waals surface area contributed by atoms with Crippen LogP contribution in [-0.2, 0) is 11.2 Å². The number of halogens is 2. The Morgan fingerprint density at radius 2 is 2.00 bits per heavy atom. The molecule has 0 bridgehead atoms. The number of benzene rings is 1. The molecule has 0 atom stereocenters. The van der Waals surface area contributed by atoms with Crippen molar-refractivity contribution in [1.29, 1.82) is 0 Å². The molecule has 0 saturated heterocycles. The lowest BCUT2D eigenvalue weighted by Crippen LogP contribution is -2.02. The average Bonchev–Trinajstić information content (AvgIpc) is 2.91. The van der Waals surface area contributed by atoms with E-state index in [4.69, 9.17) is 16.3 Å². The summed E-state index contributed by atoms with van der Waals surface area (Å²) < 4.78 is 19.3. The van der Waals surface area contributed by atoms with E-state index in [1.54, 1.807) is 31.3 Å². The summed E-state index contributed by atoms with van der Waals surface area (Å²) in [7, 11) is 0. The largest absolute Gasteiger partial charge is 0.491 e. The second-order valence-corrected chi connectivity index (χ2v) is 5.86. The molecule has 1 aromatic carbocycles. The molecule has 0 fully saturated rings. The third-order valence-corrected chi connectivity index (χ3v) is 3.79. The quantitative estimate of drug-likeness (QED) is 0.674. The Hall–Kier alpha value is -2.40. The first kappa shape index (κ1) is 16.5. The van der Waals surface area contributed by atoms with Crippen LogP contribution in [0, 0.1) is 0 Å². The van der Waals surface area contributed by atoms with Crippen LogP contribution in [0.15, 0.2) is 42.6 Å². The van der Waals surface area contributed by atoms with E-state index in [0.717, 1.165) is 22.6 Å². The van der Waals surface area contributed by atoms with Gasteiger partial charge in [-0.3, -0.25) is 4.79 Å². The predicted molar refractivity (Wildman–Crippen MR) is 91.5 cm³/mol.